The molecule has 0 radical (unpaired) electrons. The number of imidazole rings is 1. The fourth-order valence-electron chi connectivity index (χ4n) is 2.63. The number of aromatic amines is 1. The van der Waals surface area contributed by atoms with Gasteiger partial charge in [0, 0.05) is 37.9 Å². The summed E-state index contributed by atoms with van der Waals surface area (Å²) in [7, 11) is 3.94. The van der Waals surface area contributed by atoms with E-state index in [0.717, 1.165) is 22.5 Å². The zero-order valence-electron chi connectivity index (χ0n) is 15.8. The average molecular weight is 374 g/mol. The van der Waals surface area contributed by atoms with Gasteiger partial charge in [-0.25, -0.2) is 4.98 Å². The quantitative estimate of drug-likeness (QED) is 0.490. The van der Waals surface area contributed by atoms with E-state index >= 15 is 0 Å². The lowest BCUT2D eigenvalue weighted by Gasteiger charge is -2.13. The van der Waals surface area contributed by atoms with Crippen LogP contribution in [0, 0.1) is 0 Å². The highest BCUT2D eigenvalue weighted by Crippen LogP contribution is 2.16. The number of nitrogens with one attached hydrogen (secondary N) is 2. The van der Waals surface area contributed by atoms with Crippen molar-refractivity contribution in [3.63, 3.8) is 0 Å². The second-order valence-corrected chi connectivity index (χ2v) is 6.54. The van der Waals surface area contributed by atoms with Gasteiger partial charge in [0.15, 0.2) is 5.82 Å². The Kier molecular flexibility index (Phi) is 6.01. The Morgan fingerprint density at radius 2 is 1.79 bits per heavy atom. The van der Waals surface area contributed by atoms with Crippen LogP contribution in [0.3, 0.4) is 0 Å². The molecule has 1 aromatic heterocycles. The molecule has 6 heteroatoms. The maximum atomic E-state index is 12.2. The third-order valence-corrected chi connectivity index (χ3v) is 4.17. The zero-order valence-corrected chi connectivity index (χ0v) is 15.8. The molecule has 6 nitrogen and oxygen atoms in total. The summed E-state index contributed by atoms with van der Waals surface area (Å²) < 4.78 is 0. The molecule has 0 atom stereocenters. The predicted octanol–water partition coefficient (Wildman–Crippen LogP) is 3.55. The minimum Gasteiger partial charge on any atom is -0.378 e. The van der Waals surface area contributed by atoms with Crippen LogP contribution in [-0.4, -0.2) is 35.8 Å². The standard InChI is InChI=1S/C22H22N4O2/c1-26(2)19-10-8-18(9-11-19)25-21(28)15-17-5-3-16(4-6-17)7-12-20(27)22-23-13-14-24-22/h3-14H,15H2,1-2H3,(H,23,24)(H,25,28)/b12-7+. The highest BCUT2D eigenvalue weighted by molar-refractivity contribution is 6.04. The Morgan fingerprint density at radius 3 is 2.39 bits per heavy atom. The molecule has 0 bridgehead atoms. The molecule has 2 aromatic carbocycles. The first-order valence-corrected chi connectivity index (χ1v) is 8.89. The Hall–Kier alpha value is -3.67. The number of carbonyl (C=O) groups is 2. The van der Waals surface area contributed by atoms with Crippen LogP contribution in [-0.2, 0) is 11.2 Å². The fraction of sp³-hybridized carbons (Fsp3) is 0.136. The van der Waals surface area contributed by atoms with Crippen LogP contribution in [0.5, 0.6) is 0 Å². The first kappa shape index (κ1) is 19.1. The van der Waals surface area contributed by atoms with E-state index in [2.05, 4.69) is 15.3 Å². The number of amides is 1. The van der Waals surface area contributed by atoms with Crippen molar-refractivity contribution in [3.05, 3.63) is 84.0 Å². The van der Waals surface area contributed by atoms with E-state index in [4.69, 9.17) is 0 Å². The number of rotatable bonds is 7. The van der Waals surface area contributed by atoms with Crippen LogP contribution in [0.25, 0.3) is 6.08 Å². The second kappa shape index (κ2) is 8.81. The van der Waals surface area contributed by atoms with Crippen molar-refractivity contribution in [2.75, 3.05) is 24.3 Å². The molecule has 1 amide bonds. The summed E-state index contributed by atoms with van der Waals surface area (Å²) in [6, 6.07) is 15.2. The summed E-state index contributed by atoms with van der Waals surface area (Å²) in [5.41, 5.74) is 3.62. The van der Waals surface area contributed by atoms with E-state index in [9.17, 15) is 9.59 Å². The van der Waals surface area contributed by atoms with Gasteiger partial charge in [-0.05, 0) is 41.5 Å². The van der Waals surface area contributed by atoms with Crippen molar-refractivity contribution in [1.82, 2.24) is 9.97 Å². The Labute approximate surface area is 163 Å². The van der Waals surface area contributed by atoms with Gasteiger partial charge in [-0.1, -0.05) is 30.3 Å². The zero-order chi connectivity index (χ0) is 19.9. The molecule has 1 heterocycles. The number of hydrogen-bond donors (Lipinski definition) is 2. The van der Waals surface area contributed by atoms with E-state index in [1.54, 1.807) is 12.3 Å². The van der Waals surface area contributed by atoms with Crippen LogP contribution in [0.15, 0.2) is 67.0 Å². The minimum absolute atomic E-state index is 0.0751. The maximum absolute atomic E-state index is 12.2. The molecule has 28 heavy (non-hydrogen) atoms. The van der Waals surface area contributed by atoms with Crippen LogP contribution in [0.4, 0.5) is 11.4 Å². The van der Waals surface area contributed by atoms with Crippen molar-refractivity contribution in [3.8, 4) is 0 Å². The van der Waals surface area contributed by atoms with Gasteiger partial charge in [-0.15, -0.1) is 0 Å². The lowest BCUT2D eigenvalue weighted by atomic mass is 10.1. The number of anilines is 2. The summed E-state index contributed by atoms with van der Waals surface area (Å²) in [4.78, 5) is 32.8. The van der Waals surface area contributed by atoms with Crippen molar-refractivity contribution < 1.29 is 9.59 Å². The smallest absolute Gasteiger partial charge is 0.228 e. The van der Waals surface area contributed by atoms with Gasteiger partial charge in [0.25, 0.3) is 0 Å². The highest BCUT2D eigenvalue weighted by Gasteiger charge is 2.06. The SMILES string of the molecule is CN(C)c1ccc(NC(=O)Cc2ccc(/C=C/C(=O)c3ncc[nH]3)cc2)cc1. The molecule has 0 aliphatic heterocycles. The van der Waals surface area contributed by atoms with Gasteiger partial charge in [-0.2, -0.15) is 0 Å². The van der Waals surface area contributed by atoms with E-state index in [1.165, 1.54) is 12.3 Å². The number of H-pyrrole nitrogens is 1. The summed E-state index contributed by atoms with van der Waals surface area (Å²) >= 11 is 0. The maximum Gasteiger partial charge on any atom is 0.228 e. The summed E-state index contributed by atoms with van der Waals surface area (Å²) in [6.45, 7) is 0. The van der Waals surface area contributed by atoms with E-state index in [-0.39, 0.29) is 18.1 Å². The van der Waals surface area contributed by atoms with E-state index < -0.39 is 0 Å². The molecule has 0 aliphatic carbocycles. The van der Waals surface area contributed by atoms with Gasteiger partial charge < -0.3 is 15.2 Å². The first-order chi connectivity index (χ1) is 13.5. The second-order valence-electron chi connectivity index (χ2n) is 6.54. The Morgan fingerprint density at radius 1 is 1.07 bits per heavy atom. The molecule has 0 spiro atoms. The summed E-state index contributed by atoms with van der Waals surface area (Å²) in [5.74, 6) is 0.0470. The number of nitrogens with zero attached hydrogens (tertiary/aromatic N) is 2. The number of carbonyl (C=O) groups excluding carboxylic acids is 2. The van der Waals surface area contributed by atoms with Crippen LogP contribution in [0.2, 0.25) is 0 Å². The molecule has 3 aromatic rings. The van der Waals surface area contributed by atoms with Crippen LogP contribution >= 0.6 is 0 Å². The van der Waals surface area contributed by atoms with Crippen molar-refractivity contribution in [2.24, 2.45) is 0 Å². The van der Waals surface area contributed by atoms with Crippen LogP contribution in [0.1, 0.15) is 21.7 Å². The number of ketones is 1. The number of hydrogen-bond acceptors (Lipinski definition) is 4. The molecule has 0 saturated heterocycles. The van der Waals surface area contributed by atoms with Crippen LogP contribution < -0.4 is 10.2 Å². The monoisotopic (exact) mass is 374 g/mol. The van der Waals surface area contributed by atoms with Crippen molar-refractivity contribution >= 4 is 29.1 Å². The summed E-state index contributed by atoms with van der Waals surface area (Å²) in [5, 5.41) is 2.90. The molecule has 2 N–H and O–H groups in total. The lowest BCUT2D eigenvalue weighted by Crippen LogP contribution is -2.14. The number of allylic oxidation sites excluding steroid dienone is 1. The van der Waals surface area contributed by atoms with Gasteiger partial charge in [-0.3, -0.25) is 9.59 Å². The van der Waals surface area contributed by atoms with E-state index in [1.807, 2.05) is 67.5 Å². The van der Waals surface area contributed by atoms with E-state index in [0.29, 0.717) is 5.82 Å². The largest absolute Gasteiger partial charge is 0.378 e. The minimum atomic E-state index is -0.186. The highest BCUT2D eigenvalue weighted by atomic mass is 16.1. The molecular formula is C22H22N4O2. The molecule has 142 valence electrons. The van der Waals surface area contributed by atoms with Gasteiger partial charge in [0.2, 0.25) is 11.7 Å². The first-order valence-electron chi connectivity index (χ1n) is 8.89. The normalized spacial score (nSPS) is 10.8. The third kappa shape index (κ3) is 5.17. The predicted molar refractivity (Wildman–Crippen MR) is 111 cm³/mol. The van der Waals surface area contributed by atoms with Gasteiger partial charge >= 0.3 is 0 Å². The van der Waals surface area contributed by atoms with Crippen molar-refractivity contribution in [2.45, 2.75) is 6.42 Å². The molecule has 0 aliphatic rings. The topological polar surface area (TPSA) is 78.1 Å². The molecule has 0 unspecified atom stereocenters. The average Bonchev–Trinajstić information content (AvgIpc) is 3.22. The lowest BCUT2D eigenvalue weighted by molar-refractivity contribution is -0.115. The number of benzene rings is 2. The van der Waals surface area contributed by atoms with Gasteiger partial charge in [0.1, 0.15) is 0 Å². The molecular weight excluding hydrogens is 352 g/mol. The molecule has 3 rings (SSSR count). The fourth-order valence-corrected chi connectivity index (χ4v) is 2.63. The van der Waals surface area contributed by atoms with Gasteiger partial charge in [0.05, 0.1) is 6.42 Å². The number of aromatic nitrogens is 2. The Balaban J connectivity index is 1.54. The van der Waals surface area contributed by atoms with Crippen molar-refractivity contribution in [1.29, 1.82) is 0 Å². The summed E-state index contributed by atoms with van der Waals surface area (Å²) in [6.07, 6.45) is 6.62. The molecule has 0 fully saturated rings. The Bertz CT molecular complexity index is 957. The third-order valence-electron chi connectivity index (χ3n) is 4.17. The molecule has 0 saturated carbocycles.